The number of carbonyl (C=O) groups is 1. The van der Waals surface area contributed by atoms with Crippen LogP contribution in [-0.2, 0) is 4.79 Å². The van der Waals surface area contributed by atoms with Gasteiger partial charge >= 0.3 is 6.36 Å². The largest absolute Gasteiger partial charge is 0.573 e. The molecule has 0 saturated carbocycles. The third kappa shape index (κ3) is 6.30. The first-order valence-corrected chi connectivity index (χ1v) is 9.36. The van der Waals surface area contributed by atoms with Gasteiger partial charge in [0.25, 0.3) is 0 Å². The smallest absolute Gasteiger partial charge is 0.406 e. The molecular formula is C20H16F4N2O2S. The Morgan fingerprint density at radius 3 is 2.31 bits per heavy atom. The van der Waals surface area contributed by atoms with E-state index in [2.05, 4.69) is 15.4 Å². The van der Waals surface area contributed by atoms with E-state index >= 15 is 0 Å². The molecular weight excluding hydrogens is 408 g/mol. The molecule has 0 aliphatic rings. The van der Waals surface area contributed by atoms with Crippen LogP contribution in [-0.4, -0.2) is 18.8 Å². The molecule has 2 aromatic carbocycles. The van der Waals surface area contributed by atoms with Crippen LogP contribution in [0.3, 0.4) is 0 Å². The van der Waals surface area contributed by atoms with Crippen molar-refractivity contribution in [2.45, 2.75) is 12.4 Å². The van der Waals surface area contributed by atoms with Crippen LogP contribution in [0.4, 0.5) is 23.2 Å². The molecule has 1 atom stereocenters. The molecule has 152 valence electrons. The average molecular weight is 424 g/mol. The van der Waals surface area contributed by atoms with E-state index in [-0.39, 0.29) is 30.1 Å². The van der Waals surface area contributed by atoms with Gasteiger partial charge in [0.2, 0.25) is 5.91 Å². The molecule has 1 heterocycles. The number of ether oxygens (including phenoxy) is 1. The van der Waals surface area contributed by atoms with Crippen LogP contribution in [0.25, 0.3) is 0 Å². The van der Waals surface area contributed by atoms with Crippen molar-refractivity contribution >= 4 is 22.9 Å². The molecule has 0 spiro atoms. The SMILES string of the molecule is O=C(CNC(c1ccc(F)cc1)c1cccs1)Nc1ccc(OC(F)(F)F)cc1. The van der Waals surface area contributed by atoms with Crippen molar-refractivity contribution < 1.29 is 27.1 Å². The van der Waals surface area contributed by atoms with Crippen LogP contribution >= 0.6 is 11.3 Å². The quantitative estimate of drug-likeness (QED) is 0.519. The second-order valence-corrected chi connectivity index (χ2v) is 6.98. The third-order valence-corrected chi connectivity index (χ3v) is 4.81. The number of carbonyl (C=O) groups excluding carboxylic acids is 1. The van der Waals surface area contributed by atoms with Gasteiger partial charge in [0, 0.05) is 10.6 Å². The molecule has 0 saturated heterocycles. The first-order valence-electron chi connectivity index (χ1n) is 8.48. The summed E-state index contributed by atoms with van der Waals surface area (Å²) < 4.78 is 53.6. The van der Waals surface area contributed by atoms with E-state index in [0.29, 0.717) is 5.69 Å². The molecule has 0 bridgehead atoms. The second kappa shape index (κ2) is 9.06. The Morgan fingerprint density at radius 2 is 1.72 bits per heavy atom. The van der Waals surface area contributed by atoms with Gasteiger partial charge in [-0.25, -0.2) is 4.39 Å². The van der Waals surface area contributed by atoms with Gasteiger partial charge in [0.15, 0.2) is 0 Å². The maximum atomic E-state index is 13.2. The van der Waals surface area contributed by atoms with Crippen molar-refractivity contribution in [3.63, 3.8) is 0 Å². The number of halogens is 4. The van der Waals surface area contributed by atoms with Crippen LogP contribution < -0.4 is 15.4 Å². The minimum absolute atomic E-state index is 0.0548. The van der Waals surface area contributed by atoms with E-state index < -0.39 is 6.36 Å². The lowest BCUT2D eigenvalue weighted by atomic mass is 10.1. The molecule has 3 rings (SSSR count). The summed E-state index contributed by atoms with van der Waals surface area (Å²) in [5, 5.41) is 7.62. The van der Waals surface area contributed by atoms with E-state index in [9.17, 15) is 22.4 Å². The second-order valence-electron chi connectivity index (χ2n) is 6.00. The fraction of sp³-hybridized carbons (Fsp3) is 0.150. The van der Waals surface area contributed by atoms with E-state index in [1.807, 2.05) is 17.5 Å². The minimum Gasteiger partial charge on any atom is -0.406 e. The normalized spacial score (nSPS) is 12.4. The highest BCUT2D eigenvalue weighted by Gasteiger charge is 2.31. The topological polar surface area (TPSA) is 50.4 Å². The highest BCUT2D eigenvalue weighted by atomic mass is 32.1. The Balaban J connectivity index is 1.61. The van der Waals surface area contributed by atoms with Gasteiger partial charge in [-0.15, -0.1) is 24.5 Å². The summed E-state index contributed by atoms with van der Waals surface area (Å²) >= 11 is 1.50. The zero-order chi connectivity index (χ0) is 20.9. The number of alkyl halides is 3. The summed E-state index contributed by atoms with van der Waals surface area (Å²) in [4.78, 5) is 13.2. The summed E-state index contributed by atoms with van der Waals surface area (Å²) in [5.74, 6) is -1.10. The van der Waals surface area contributed by atoms with Gasteiger partial charge in [-0.1, -0.05) is 18.2 Å². The molecule has 29 heavy (non-hydrogen) atoms. The van der Waals surface area contributed by atoms with Crippen LogP contribution in [0.1, 0.15) is 16.5 Å². The summed E-state index contributed by atoms with van der Waals surface area (Å²) in [6.45, 7) is -0.0548. The Bertz CT molecular complexity index is 927. The Morgan fingerprint density at radius 1 is 1.03 bits per heavy atom. The fourth-order valence-electron chi connectivity index (χ4n) is 2.63. The molecule has 0 aliphatic carbocycles. The van der Waals surface area contributed by atoms with Crippen LogP contribution in [0.2, 0.25) is 0 Å². The lowest BCUT2D eigenvalue weighted by Crippen LogP contribution is -2.31. The number of anilines is 1. The number of rotatable bonds is 7. The van der Waals surface area contributed by atoms with Crippen molar-refractivity contribution in [1.29, 1.82) is 0 Å². The van der Waals surface area contributed by atoms with E-state index in [1.165, 1.54) is 35.6 Å². The highest BCUT2D eigenvalue weighted by molar-refractivity contribution is 7.10. The first kappa shape index (κ1) is 20.8. The summed E-state index contributed by atoms with van der Waals surface area (Å²) in [6, 6.07) is 14.3. The maximum absolute atomic E-state index is 13.2. The fourth-order valence-corrected chi connectivity index (χ4v) is 3.46. The van der Waals surface area contributed by atoms with Gasteiger partial charge in [0.05, 0.1) is 12.6 Å². The predicted octanol–water partition coefficient (Wildman–Crippen LogP) is 5.10. The molecule has 3 aromatic rings. The van der Waals surface area contributed by atoms with E-state index in [1.54, 1.807) is 12.1 Å². The molecule has 1 unspecified atom stereocenters. The Labute approximate surface area is 168 Å². The van der Waals surface area contributed by atoms with Crippen molar-refractivity contribution in [2.75, 3.05) is 11.9 Å². The van der Waals surface area contributed by atoms with Crippen molar-refractivity contribution in [1.82, 2.24) is 5.32 Å². The lowest BCUT2D eigenvalue weighted by molar-refractivity contribution is -0.274. The summed E-state index contributed by atoms with van der Waals surface area (Å²) in [6.07, 6.45) is -4.77. The molecule has 4 nitrogen and oxygen atoms in total. The molecule has 9 heteroatoms. The van der Waals surface area contributed by atoms with Crippen molar-refractivity contribution in [3.05, 3.63) is 82.3 Å². The average Bonchev–Trinajstić information content (AvgIpc) is 3.18. The third-order valence-electron chi connectivity index (χ3n) is 3.87. The van der Waals surface area contributed by atoms with Crippen LogP contribution in [0.5, 0.6) is 5.75 Å². The Kier molecular flexibility index (Phi) is 6.50. The maximum Gasteiger partial charge on any atom is 0.573 e. The monoisotopic (exact) mass is 424 g/mol. The number of nitrogens with one attached hydrogen (secondary N) is 2. The van der Waals surface area contributed by atoms with Crippen molar-refractivity contribution in [3.8, 4) is 5.75 Å². The van der Waals surface area contributed by atoms with Gasteiger partial charge in [0.1, 0.15) is 11.6 Å². The Hall–Kier alpha value is -2.91. The number of amides is 1. The van der Waals surface area contributed by atoms with Gasteiger partial charge in [-0.05, 0) is 53.4 Å². The molecule has 0 fully saturated rings. The predicted molar refractivity (Wildman–Crippen MR) is 102 cm³/mol. The molecule has 0 aliphatic heterocycles. The minimum atomic E-state index is -4.77. The standard InChI is InChI=1S/C20H16F4N2O2S/c21-14-5-3-13(4-6-14)19(17-2-1-11-29-17)25-12-18(27)26-15-7-9-16(10-8-15)28-20(22,23)24/h1-11,19,25H,12H2,(H,26,27). The number of benzene rings is 2. The first-order chi connectivity index (χ1) is 13.8. The van der Waals surface area contributed by atoms with Gasteiger partial charge < -0.3 is 10.1 Å². The van der Waals surface area contributed by atoms with Crippen LogP contribution in [0, 0.1) is 5.82 Å². The van der Waals surface area contributed by atoms with Gasteiger partial charge in [-0.3, -0.25) is 10.1 Å². The summed E-state index contributed by atoms with van der Waals surface area (Å²) in [5.41, 5.74) is 1.14. The number of hydrogen-bond donors (Lipinski definition) is 2. The van der Waals surface area contributed by atoms with Crippen molar-refractivity contribution in [2.24, 2.45) is 0 Å². The number of thiophene rings is 1. The lowest BCUT2D eigenvalue weighted by Gasteiger charge is -2.18. The molecule has 1 amide bonds. The zero-order valence-electron chi connectivity index (χ0n) is 14.9. The summed E-state index contributed by atoms with van der Waals surface area (Å²) in [7, 11) is 0. The van der Waals surface area contributed by atoms with Crippen LogP contribution in [0.15, 0.2) is 66.0 Å². The molecule has 2 N–H and O–H groups in total. The number of hydrogen-bond acceptors (Lipinski definition) is 4. The van der Waals surface area contributed by atoms with E-state index in [0.717, 1.165) is 22.6 Å². The zero-order valence-corrected chi connectivity index (χ0v) is 15.7. The van der Waals surface area contributed by atoms with Gasteiger partial charge in [-0.2, -0.15) is 0 Å². The molecule has 0 radical (unpaired) electrons. The molecule has 1 aromatic heterocycles. The van der Waals surface area contributed by atoms with E-state index in [4.69, 9.17) is 0 Å². The highest BCUT2D eigenvalue weighted by Crippen LogP contribution is 2.26.